The summed E-state index contributed by atoms with van der Waals surface area (Å²) in [5.74, 6) is 1.39. The van der Waals surface area contributed by atoms with Crippen molar-refractivity contribution in [3.8, 4) is 5.75 Å². The van der Waals surface area contributed by atoms with E-state index in [1.165, 1.54) is 0 Å². The van der Waals surface area contributed by atoms with Crippen molar-refractivity contribution in [3.63, 3.8) is 0 Å². The van der Waals surface area contributed by atoms with Crippen LogP contribution >= 0.6 is 0 Å². The summed E-state index contributed by atoms with van der Waals surface area (Å²) in [7, 11) is 0. The summed E-state index contributed by atoms with van der Waals surface area (Å²) in [5.41, 5.74) is 3.10. The van der Waals surface area contributed by atoms with Crippen LogP contribution < -0.4 is 4.74 Å². The lowest BCUT2D eigenvalue weighted by atomic mass is 9.99. The molecule has 1 aliphatic heterocycles. The fourth-order valence-corrected chi connectivity index (χ4v) is 2.92. The van der Waals surface area contributed by atoms with Gasteiger partial charge < -0.3 is 14.2 Å². The highest BCUT2D eigenvalue weighted by Crippen LogP contribution is 2.31. The first-order valence-electron chi connectivity index (χ1n) is 8.72. The van der Waals surface area contributed by atoms with Crippen molar-refractivity contribution in [2.75, 3.05) is 13.2 Å². The second-order valence-corrected chi connectivity index (χ2v) is 6.07. The maximum atomic E-state index is 6.09. The molecule has 1 saturated heterocycles. The molecule has 3 nitrogen and oxygen atoms in total. The molecule has 0 saturated carbocycles. The molecule has 1 unspecified atom stereocenters. The first kappa shape index (κ1) is 16.3. The van der Waals surface area contributed by atoms with Crippen LogP contribution in [0.1, 0.15) is 11.1 Å². The number of para-hydroxylation sites is 1. The van der Waals surface area contributed by atoms with Gasteiger partial charge in [-0.2, -0.15) is 0 Å². The first-order chi connectivity index (χ1) is 12.9. The second-order valence-electron chi connectivity index (χ2n) is 6.07. The van der Waals surface area contributed by atoms with E-state index in [2.05, 4.69) is 24.3 Å². The molecule has 0 bridgehead atoms. The van der Waals surface area contributed by atoms with Gasteiger partial charge in [0.05, 0.1) is 5.57 Å². The van der Waals surface area contributed by atoms with Crippen LogP contribution in [0, 0.1) is 0 Å². The lowest BCUT2D eigenvalue weighted by Gasteiger charge is -2.13. The van der Waals surface area contributed by atoms with Crippen molar-refractivity contribution >= 4 is 5.57 Å². The molecule has 0 aromatic heterocycles. The molecule has 0 radical (unpaired) electrons. The molecule has 1 heterocycles. The van der Waals surface area contributed by atoms with Gasteiger partial charge in [-0.15, -0.1) is 0 Å². The summed E-state index contributed by atoms with van der Waals surface area (Å²) in [6.07, 6.45) is -0.132. The fourth-order valence-electron chi connectivity index (χ4n) is 2.92. The van der Waals surface area contributed by atoms with Crippen LogP contribution in [0.3, 0.4) is 0 Å². The number of benzene rings is 3. The third-order valence-electron chi connectivity index (χ3n) is 4.18. The van der Waals surface area contributed by atoms with E-state index >= 15 is 0 Å². The highest BCUT2D eigenvalue weighted by atomic mass is 16.7. The predicted molar refractivity (Wildman–Crippen MR) is 102 cm³/mol. The Morgan fingerprint density at radius 1 is 0.769 bits per heavy atom. The zero-order valence-electron chi connectivity index (χ0n) is 14.4. The van der Waals surface area contributed by atoms with Crippen LogP contribution in [0.15, 0.2) is 96.9 Å². The Morgan fingerprint density at radius 2 is 1.31 bits per heavy atom. The fraction of sp³-hybridized carbons (Fsp3) is 0.130. The number of ether oxygens (including phenoxy) is 3. The van der Waals surface area contributed by atoms with Gasteiger partial charge in [-0.05, 0) is 23.3 Å². The molecule has 0 N–H and O–H groups in total. The Morgan fingerprint density at radius 3 is 1.88 bits per heavy atom. The van der Waals surface area contributed by atoms with E-state index in [9.17, 15) is 0 Å². The lowest BCUT2D eigenvalue weighted by Crippen LogP contribution is -2.19. The van der Waals surface area contributed by atoms with Crippen molar-refractivity contribution in [3.05, 3.63) is 108 Å². The van der Waals surface area contributed by atoms with E-state index in [1.54, 1.807) is 0 Å². The van der Waals surface area contributed by atoms with Gasteiger partial charge in [-0.25, -0.2) is 0 Å². The zero-order valence-corrected chi connectivity index (χ0v) is 14.4. The Balaban J connectivity index is 1.56. The molecule has 3 aromatic rings. The standard InChI is InChI=1S/C23H20O3/c1-4-10-18(11-5-1)22(19-12-6-2-7-13-19)23-25-17-21(26-23)16-24-20-14-8-3-9-15-20/h1-15,21H,16-17H2. The van der Waals surface area contributed by atoms with Gasteiger partial charge in [-0.3, -0.25) is 0 Å². The molecule has 1 fully saturated rings. The van der Waals surface area contributed by atoms with E-state index in [0.29, 0.717) is 19.2 Å². The Hall–Kier alpha value is -3.20. The number of rotatable bonds is 5. The Labute approximate surface area is 153 Å². The minimum atomic E-state index is -0.132. The highest BCUT2D eigenvalue weighted by molar-refractivity contribution is 5.80. The van der Waals surface area contributed by atoms with Gasteiger partial charge in [0, 0.05) is 0 Å². The topological polar surface area (TPSA) is 27.7 Å². The van der Waals surface area contributed by atoms with Crippen molar-refractivity contribution in [1.29, 1.82) is 0 Å². The van der Waals surface area contributed by atoms with Gasteiger partial charge in [0.1, 0.15) is 19.0 Å². The van der Waals surface area contributed by atoms with Gasteiger partial charge in [0.15, 0.2) is 6.10 Å². The lowest BCUT2D eigenvalue weighted by molar-refractivity contribution is 0.104. The minimum absolute atomic E-state index is 0.132. The number of hydrogen-bond donors (Lipinski definition) is 0. The summed E-state index contributed by atoms with van der Waals surface area (Å²) >= 11 is 0. The monoisotopic (exact) mass is 344 g/mol. The van der Waals surface area contributed by atoms with Crippen LogP contribution in [0.25, 0.3) is 5.57 Å². The summed E-state index contributed by atoms with van der Waals surface area (Å²) in [6.45, 7) is 0.926. The quantitative estimate of drug-likeness (QED) is 0.659. The van der Waals surface area contributed by atoms with Crippen molar-refractivity contribution in [2.45, 2.75) is 6.10 Å². The first-order valence-corrected chi connectivity index (χ1v) is 8.72. The van der Waals surface area contributed by atoms with Crippen LogP contribution in [-0.2, 0) is 9.47 Å². The summed E-state index contributed by atoms with van der Waals surface area (Å²) in [5, 5.41) is 0. The molecule has 1 aliphatic rings. The van der Waals surface area contributed by atoms with E-state index in [0.717, 1.165) is 22.4 Å². The van der Waals surface area contributed by atoms with Gasteiger partial charge in [-0.1, -0.05) is 78.9 Å². The molecule has 3 aromatic carbocycles. The molecule has 3 heteroatoms. The maximum Gasteiger partial charge on any atom is 0.288 e. The summed E-state index contributed by atoms with van der Waals surface area (Å²) in [4.78, 5) is 0. The molecule has 4 rings (SSSR count). The van der Waals surface area contributed by atoms with E-state index in [1.807, 2.05) is 66.7 Å². The third-order valence-corrected chi connectivity index (χ3v) is 4.18. The van der Waals surface area contributed by atoms with Crippen molar-refractivity contribution in [2.24, 2.45) is 0 Å². The molecule has 130 valence electrons. The molecule has 1 atom stereocenters. The molecular formula is C23H20O3. The van der Waals surface area contributed by atoms with Gasteiger partial charge in [0.25, 0.3) is 5.95 Å². The van der Waals surface area contributed by atoms with Gasteiger partial charge >= 0.3 is 0 Å². The van der Waals surface area contributed by atoms with Gasteiger partial charge in [0.2, 0.25) is 0 Å². The third kappa shape index (κ3) is 3.72. The highest BCUT2D eigenvalue weighted by Gasteiger charge is 2.27. The Kier molecular flexibility index (Phi) is 4.88. The van der Waals surface area contributed by atoms with E-state index in [4.69, 9.17) is 14.2 Å². The average molecular weight is 344 g/mol. The largest absolute Gasteiger partial charge is 0.490 e. The Bertz CT molecular complexity index is 816. The van der Waals surface area contributed by atoms with E-state index in [-0.39, 0.29) is 6.10 Å². The zero-order chi connectivity index (χ0) is 17.6. The normalized spacial score (nSPS) is 15.8. The SMILES string of the molecule is c1ccc(OCC2COC(=C(c3ccccc3)c3ccccc3)O2)cc1. The second kappa shape index (κ2) is 7.79. The average Bonchev–Trinajstić information content (AvgIpc) is 3.18. The predicted octanol–water partition coefficient (Wildman–Crippen LogP) is 4.90. The number of hydrogen-bond acceptors (Lipinski definition) is 3. The summed E-state index contributed by atoms with van der Waals surface area (Å²) < 4.78 is 17.8. The van der Waals surface area contributed by atoms with Crippen molar-refractivity contribution in [1.82, 2.24) is 0 Å². The molecular weight excluding hydrogens is 324 g/mol. The van der Waals surface area contributed by atoms with Crippen LogP contribution in [0.2, 0.25) is 0 Å². The summed E-state index contributed by atoms with van der Waals surface area (Å²) in [6, 6.07) is 30.1. The van der Waals surface area contributed by atoms with Crippen LogP contribution in [0.4, 0.5) is 0 Å². The van der Waals surface area contributed by atoms with Crippen LogP contribution in [-0.4, -0.2) is 19.3 Å². The molecule has 0 amide bonds. The van der Waals surface area contributed by atoms with E-state index < -0.39 is 0 Å². The maximum absolute atomic E-state index is 6.09. The van der Waals surface area contributed by atoms with Crippen LogP contribution in [0.5, 0.6) is 5.75 Å². The smallest absolute Gasteiger partial charge is 0.288 e. The molecule has 0 spiro atoms. The molecule has 26 heavy (non-hydrogen) atoms. The van der Waals surface area contributed by atoms with Crippen molar-refractivity contribution < 1.29 is 14.2 Å². The molecule has 0 aliphatic carbocycles. The minimum Gasteiger partial charge on any atom is -0.490 e.